The van der Waals surface area contributed by atoms with Gasteiger partial charge in [0.2, 0.25) is 0 Å². The number of nitrogens with zero attached hydrogens (tertiary/aromatic N) is 2. The molecule has 0 saturated heterocycles. The zero-order valence-corrected chi connectivity index (χ0v) is 12.8. The molecule has 2 rings (SSSR count). The average Bonchev–Trinajstić information content (AvgIpc) is 2.43. The summed E-state index contributed by atoms with van der Waals surface area (Å²) >= 11 is 0. The van der Waals surface area contributed by atoms with Crippen molar-refractivity contribution in [3.05, 3.63) is 58.7 Å². The van der Waals surface area contributed by atoms with Crippen molar-refractivity contribution in [2.75, 3.05) is 6.54 Å². The number of rotatable bonds is 5. The number of benzene rings is 1. The van der Waals surface area contributed by atoms with Crippen LogP contribution in [0.25, 0.3) is 0 Å². The number of nitrogens with one attached hydrogen (secondary N) is 1. The van der Waals surface area contributed by atoms with E-state index in [1.54, 1.807) is 0 Å². The zero-order valence-electron chi connectivity index (χ0n) is 12.8. The minimum Gasteiger partial charge on any atom is -0.305 e. The van der Waals surface area contributed by atoms with Crippen molar-refractivity contribution in [3.63, 3.8) is 0 Å². The molecule has 0 fully saturated rings. The molecule has 1 atom stereocenters. The van der Waals surface area contributed by atoms with Crippen molar-refractivity contribution in [1.29, 1.82) is 0 Å². The van der Waals surface area contributed by atoms with E-state index >= 15 is 0 Å². The lowest BCUT2D eigenvalue weighted by Gasteiger charge is -2.21. The molecule has 2 aromatic rings. The fourth-order valence-corrected chi connectivity index (χ4v) is 2.37. The molecular formula is C17H23N3. The Morgan fingerprint density at radius 2 is 1.95 bits per heavy atom. The summed E-state index contributed by atoms with van der Waals surface area (Å²) in [5.74, 6) is 0.816. The van der Waals surface area contributed by atoms with E-state index in [9.17, 15) is 0 Å². The third kappa shape index (κ3) is 3.42. The van der Waals surface area contributed by atoms with Crippen LogP contribution in [0, 0.1) is 20.8 Å². The fraction of sp³-hybridized carbons (Fsp3) is 0.412. The monoisotopic (exact) mass is 269 g/mol. The third-order valence-electron chi connectivity index (χ3n) is 3.44. The first kappa shape index (κ1) is 14.7. The van der Waals surface area contributed by atoms with Crippen LogP contribution in [0.5, 0.6) is 0 Å². The topological polar surface area (TPSA) is 37.8 Å². The van der Waals surface area contributed by atoms with E-state index in [1.165, 1.54) is 16.7 Å². The summed E-state index contributed by atoms with van der Waals surface area (Å²) in [4.78, 5) is 8.80. The Labute approximate surface area is 121 Å². The molecule has 0 radical (unpaired) electrons. The molecule has 0 aliphatic heterocycles. The fourth-order valence-electron chi connectivity index (χ4n) is 2.37. The zero-order chi connectivity index (χ0) is 14.5. The van der Waals surface area contributed by atoms with Gasteiger partial charge in [0.15, 0.2) is 0 Å². The molecule has 1 aromatic carbocycles. The molecule has 0 saturated carbocycles. The maximum atomic E-state index is 4.60. The van der Waals surface area contributed by atoms with E-state index in [0.29, 0.717) is 0 Å². The molecule has 0 aliphatic rings. The largest absolute Gasteiger partial charge is 0.305 e. The first-order chi connectivity index (χ1) is 9.61. The Morgan fingerprint density at radius 3 is 2.65 bits per heavy atom. The van der Waals surface area contributed by atoms with E-state index < -0.39 is 0 Å². The summed E-state index contributed by atoms with van der Waals surface area (Å²) in [6, 6.07) is 8.72. The van der Waals surface area contributed by atoms with Gasteiger partial charge in [0.25, 0.3) is 0 Å². The highest BCUT2D eigenvalue weighted by Crippen LogP contribution is 2.24. The van der Waals surface area contributed by atoms with Crippen molar-refractivity contribution >= 4 is 0 Å². The molecule has 20 heavy (non-hydrogen) atoms. The molecule has 1 aromatic heterocycles. The van der Waals surface area contributed by atoms with E-state index in [2.05, 4.69) is 54.3 Å². The lowest BCUT2D eigenvalue weighted by molar-refractivity contribution is 0.581. The number of aryl methyl sites for hydroxylation is 3. The molecule has 1 N–H and O–H groups in total. The lowest BCUT2D eigenvalue weighted by atomic mass is 9.96. The molecule has 0 bridgehead atoms. The van der Waals surface area contributed by atoms with Gasteiger partial charge in [-0.05, 0) is 50.9 Å². The summed E-state index contributed by atoms with van der Waals surface area (Å²) < 4.78 is 0. The Bertz CT molecular complexity index is 578. The Hall–Kier alpha value is -1.74. The van der Waals surface area contributed by atoms with Crippen molar-refractivity contribution < 1.29 is 0 Å². The van der Waals surface area contributed by atoms with Gasteiger partial charge >= 0.3 is 0 Å². The second-order valence-corrected chi connectivity index (χ2v) is 5.28. The SMILES string of the molecule is CCCNC(c1ccnc(C)n1)c1cc(C)ccc1C. The second-order valence-electron chi connectivity index (χ2n) is 5.28. The van der Waals surface area contributed by atoms with Crippen LogP contribution in [0.3, 0.4) is 0 Å². The predicted molar refractivity (Wildman–Crippen MR) is 82.8 cm³/mol. The van der Waals surface area contributed by atoms with E-state index in [-0.39, 0.29) is 6.04 Å². The molecule has 3 heteroatoms. The third-order valence-corrected chi connectivity index (χ3v) is 3.44. The average molecular weight is 269 g/mol. The molecular weight excluding hydrogens is 246 g/mol. The Morgan fingerprint density at radius 1 is 1.15 bits per heavy atom. The minimum atomic E-state index is 0.136. The van der Waals surface area contributed by atoms with Crippen LogP contribution in [0.1, 0.15) is 47.6 Å². The van der Waals surface area contributed by atoms with Gasteiger partial charge in [-0.3, -0.25) is 0 Å². The van der Waals surface area contributed by atoms with Gasteiger partial charge in [-0.15, -0.1) is 0 Å². The maximum absolute atomic E-state index is 4.60. The van der Waals surface area contributed by atoms with Crippen molar-refractivity contribution in [2.45, 2.75) is 40.2 Å². The van der Waals surface area contributed by atoms with Crippen LogP contribution in [0.2, 0.25) is 0 Å². The van der Waals surface area contributed by atoms with Crippen LogP contribution in [-0.2, 0) is 0 Å². The number of hydrogen-bond donors (Lipinski definition) is 1. The van der Waals surface area contributed by atoms with Crippen LogP contribution in [-0.4, -0.2) is 16.5 Å². The molecule has 1 heterocycles. The highest BCUT2D eigenvalue weighted by atomic mass is 15.0. The highest BCUT2D eigenvalue weighted by Gasteiger charge is 2.17. The van der Waals surface area contributed by atoms with Crippen LogP contribution < -0.4 is 5.32 Å². The molecule has 106 valence electrons. The molecule has 3 nitrogen and oxygen atoms in total. The smallest absolute Gasteiger partial charge is 0.125 e. The van der Waals surface area contributed by atoms with Gasteiger partial charge in [0.1, 0.15) is 5.82 Å². The van der Waals surface area contributed by atoms with E-state index in [1.807, 2.05) is 19.2 Å². The standard InChI is InChI=1S/C17H23N3/c1-5-9-19-17(16-8-10-18-14(4)20-16)15-11-12(2)6-7-13(15)3/h6-8,10-11,17,19H,5,9H2,1-4H3. The molecule has 0 spiro atoms. The predicted octanol–water partition coefficient (Wildman–Crippen LogP) is 3.49. The van der Waals surface area contributed by atoms with Gasteiger partial charge in [-0.1, -0.05) is 30.7 Å². The summed E-state index contributed by atoms with van der Waals surface area (Å²) in [6.45, 7) is 9.37. The van der Waals surface area contributed by atoms with Crippen molar-refractivity contribution in [2.24, 2.45) is 0 Å². The summed E-state index contributed by atoms with van der Waals surface area (Å²) in [5, 5.41) is 3.61. The number of hydrogen-bond acceptors (Lipinski definition) is 3. The quantitative estimate of drug-likeness (QED) is 0.903. The van der Waals surface area contributed by atoms with Gasteiger partial charge in [-0.25, -0.2) is 9.97 Å². The van der Waals surface area contributed by atoms with Gasteiger partial charge < -0.3 is 5.32 Å². The first-order valence-corrected chi connectivity index (χ1v) is 7.22. The first-order valence-electron chi connectivity index (χ1n) is 7.22. The van der Waals surface area contributed by atoms with Crippen molar-refractivity contribution in [3.8, 4) is 0 Å². The van der Waals surface area contributed by atoms with Gasteiger partial charge in [0.05, 0.1) is 11.7 Å². The summed E-state index contributed by atoms with van der Waals surface area (Å²) in [6.07, 6.45) is 2.94. The Kier molecular flexibility index (Phi) is 4.85. The van der Waals surface area contributed by atoms with E-state index in [4.69, 9.17) is 0 Å². The highest BCUT2D eigenvalue weighted by molar-refractivity contribution is 5.37. The summed E-state index contributed by atoms with van der Waals surface area (Å²) in [7, 11) is 0. The molecule has 0 amide bonds. The minimum absolute atomic E-state index is 0.136. The van der Waals surface area contributed by atoms with Crippen LogP contribution >= 0.6 is 0 Å². The Balaban J connectivity index is 2.44. The number of aromatic nitrogens is 2. The van der Waals surface area contributed by atoms with Gasteiger partial charge in [-0.2, -0.15) is 0 Å². The normalized spacial score (nSPS) is 12.4. The molecule has 1 unspecified atom stereocenters. The summed E-state index contributed by atoms with van der Waals surface area (Å²) in [5.41, 5.74) is 4.91. The second kappa shape index (κ2) is 6.62. The van der Waals surface area contributed by atoms with Crippen LogP contribution in [0.15, 0.2) is 30.5 Å². The van der Waals surface area contributed by atoms with Gasteiger partial charge in [0, 0.05) is 6.20 Å². The molecule has 0 aliphatic carbocycles. The van der Waals surface area contributed by atoms with Crippen LogP contribution in [0.4, 0.5) is 0 Å². The maximum Gasteiger partial charge on any atom is 0.125 e. The van der Waals surface area contributed by atoms with E-state index in [0.717, 1.165) is 24.5 Å². The van der Waals surface area contributed by atoms with Crippen molar-refractivity contribution in [1.82, 2.24) is 15.3 Å². The lowest BCUT2D eigenvalue weighted by Crippen LogP contribution is -2.25.